The molecular weight excluding hydrogens is 243 g/mol. The van der Waals surface area contributed by atoms with Crippen LogP contribution < -0.4 is 0 Å². The lowest BCUT2D eigenvalue weighted by atomic mass is 9.96. The Bertz CT molecular complexity index is 696. The summed E-state index contributed by atoms with van der Waals surface area (Å²) >= 11 is 0. The van der Waals surface area contributed by atoms with Gasteiger partial charge in [-0.2, -0.15) is 5.26 Å². The Morgan fingerprint density at radius 1 is 1.58 bits per heavy atom. The molecule has 2 heterocycles. The number of hydrogen-bond donors (Lipinski definition) is 1. The first-order valence-electron chi connectivity index (χ1n) is 6.52. The molecule has 0 saturated carbocycles. The largest absolute Gasteiger partial charge is 0.372 e. The number of fused-ring (bicyclic) bond motifs is 3. The molecule has 1 aromatic carbocycles. The lowest BCUT2D eigenvalue weighted by molar-refractivity contribution is 0.0377. The van der Waals surface area contributed by atoms with Crippen molar-refractivity contribution in [2.75, 3.05) is 6.61 Å². The van der Waals surface area contributed by atoms with E-state index < -0.39 is 0 Å². The van der Waals surface area contributed by atoms with Gasteiger partial charge in [-0.25, -0.2) is 4.39 Å². The molecule has 0 amide bonds. The Kier molecular flexibility index (Phi) is 2.79. The third kappa shape index (κ3) is 1.66. The fourth-order valence-corrected chi connectivity index (χ4v) is 2.93. The topological polar surface area (TPSA) is 48.8 Å². The van der Waals surface area contributed by atoms with Crippen LogP contribution in [0.25, 0.3) is 10.9 Å². The summed E-state index contributed by atoms with van der Waals surface area (Å²) in [5.41, 5.74) is 3.69. The molecule has 1 aliphatic rings. The molecule has 0 aliphatic carbocycles. The number of aryl methyl sites for hydroxylation is 1. The van der Waals surface area contributed by atoms with Crippen molar-refractivity contribution in [2.24, 2.45) is 0 Å². The van der Waals surface area contributed by atoms with E-state index in [2.05, 4.69) is 11.1 Å². The minimum absolute atomic E-state index is 0.0256. The van der Waals surface area contributed by atoms with Crippen LogP contribution in [-0.4, -0.2) is 11.6 Å². The quantitative estimate of drug-likeness (QED) is 0.850. The first-order valence-corrected chi connectivity index (χ1v) is 6.52. The molecule has 1 aromatic heterocycles. The normalized spacial score (nSPS) is 18.3. The first-order chi connectivity index (χ1) is 9.17. The fourth-order valence-electron chi connectivity index (χ4n) is 2.93. The van der Waals surface area contributed by atoms with Gasteiger partial charge in [-0.3, -0.25) is 0 Å². The van der Waals surface area contributed by atoms with E-state index in [9.17, 15) is 9.65 Å². The van der Waals surface area contributed by atoms with Gasteiger partial charge in [0.2, 0.25) is 0 Å². The number of H-pyrrole nitrogens is 1. The lowest BCUT2D eigenvalue weighted by Crippen LogP contribution is -2.15. The number of aromatic nitrogens is 1. The molecule has 98 valence electrons. The van der Waals surface area contributed by atoms with Gasteiger partial charge >= 0.3 is 0 Å². The minimum Gasteiger partial charge on any atom is -0.372 e. The SMILES string of the molecule is CCC1OCCc2c1[nH]c1c(F)cc(C)c(C#N)c21. The minimum atomic E-state index is -0.296. The van der Waals surface area contributed by atoms with Gasteiger partial charge in [0.15, 0.2) is 0 Å². The van der Waals surface area contributed by atoms with Crippen molar-refractivity contribution >= 4 is 10.9 Å². The Morgan fingerprint density at radius 3 is 3.05 bits per heavy atom. The number of nitriles is 1. The van der Waals surface area contributed by atoms with E-state index in [-0.39, 0.29) is 11.9 Å². The Hall–Kier alpha value is -1.86. The summed E-state index contributed by atoms with van der Waals surface area (Å²) in [5.74, 6) is -0.296. The summed E-state index contributed by atoms with van der Waals surface area (Å²) in [6, 6.07) is 3.63. The van der Waals surface area contributed by atoms with E-state index in [4.69, 9.17) is 4.74 Å². The molecule has 19 heavy (non-hydrogen) atoms. The fraction of sp³-hybridized carbons (Fsp3) is 0.400. The standard InChI is InChI=1S/C15H15FN2O/c1-3-12-14-9(4-5-19-12)13-10(7-17)8(2)6-11(16)15(13)18-14/h6,12,18H,3-5H2,1-2H3. The molecule has 1 atom stereocenters. The molecule has 2 aromatic rings. The van der Waals surface area contributed by atoms with Crippen LogP contribution in [0.15, 0.2) is 6.07 Å². The number of halogens is 1. The van der Waals surface area contributed by atoms with E-state index in [1.54, 1.807) is 6.92 Å². The highest BCUT2D eigenvalue weighted by atomic mass is 19.1. The van der Waals surface area contributed by atoms with Crippen LogP contribution in [0.3, 0.4) is 0 Å². The molecule has 0 bridgehead atoms. The average Bonchev–Trinajstić information content (AvgIpc) is 2.79. The zero-order valence-electron chi connectivity index (χ0n) is 11.0. The zero-order valence-corrected chi connectivity index (χ0v) is 11.0. The molecule has 1 N–H and O–H groups in total. The maximum absolute atomic E-state index is 14.1. The number of nitrogens with zero attached hydrogens (tertiary/aromatic N) is 1. The van der Waals surface area contributed by atoms with Crippen LogP contribution in [0.1, 0.15) is 41.8 Å². The monoisotopic (exact) mass is 258 g/mol. The maximum Gasteiger partial charge on any atom is 0.147 e. The number of nitrogens with one attached hydrogen (secondary N) is 1. The molecule has 0 fully saturated rings. The van der Waals surface area contributed by atoms with E-state index in [0.717, 1.165) is 29.5 Å². The lowest BCUT2D eigenvalue weighted by Gasteiger charge is -2.22. The number of rotatable bonds is 1. The summed E-state index contributed by atoms with van der Waals surface area (Å²) in [4.78, 5) is 3.14. The molecule has 3 rings (SSSR count). The molecule has 0 spiro atoms. The highest BCUT2D eigenvalue weighted by Gasteiger charge is 2.26. The second kappa shape index (κ2) is 4.36. The van der Waals surface area contributed by atoms with Gasteiger partial charge in [0.05, 0.1) is 23.8 Å². The molecule has 4 heteroatoms. The van der Waals surface area contributed by atoms with Gasteiger partial charge in [0, 0.05) is 11.1 Å². The van der Waals surface area contributed by atoms with Crippen LogP contribution in [0.2, 0.25) is 0 Å². The smallest absolute Gasteiger partial charge is 0.147 e. The number of hydrogen-bond acceptors (Lipinski definition) is 2. The van der Waals surface area contributed by atoms with Gasteiger partial charge in [-0.15, -0.1) is 0 Å². The summed E-state index contributed by atoms with van der Waals surface area (Å²) in [5, 5.41) is 10.1. The summed E-state index contributed by atoms with van der Waals surface area (Å²) in [7, 11) is 0. The third-order valence-corrected chi connectivity index (χ3v) is 3.84. The van der Waals surface area contributed by atoms with Crippen LogP contribution in [0.5, 0.6) is 0 Å². The Labute approximate surface area is 111 Å². The Balaban J connectivity index is 2.40. The van der Waals surface area contributed by atoms with E-state index >= 15 is 0 Å². The molecule has 3 nitrogen and oxygen atoms in total. The van der Waals surface area contributed by atoms with Crippen molar-refractivity contribution in [3.05, 3.63) is 34.3 Å². The molecule has 0 radical (unpaired) electrons. The summed E-state index contributed by atoms with van der Waals surface area (Å²) < 4.78 is 19.8. The zero-order chi connectivity index (χ0) is 13.6. The van der Waals surface area contributed by atoms with Crippen LogP contribution in [0, 0.1) is 24.1 Å². The highest BCUT2D eigenvalue weighted by molar-refractivity contribution is 5.92. The average molecular weight is 258 g/mol. The van der Waals surface area contributed by atoms with Crippen LogP contribution in [-0.2, 0) is 11.2 Å². The number of ether oxygens (including phenoxy) is 1. The van der Waals surface area contributed by atoms with Gasteiger partial charge < -0.3 is 9.72 Å². The third-order valence-electron chi connectivity index (χ3n) is 3.84. The Morgan fingerprint density at radius 2 is 2.37 bits per heavy atom. The second-order valence-corrected chi connectivity index (χ2v) is 4.95. The molecular formula is C15H15FN2O. The summed E-state index contributed by atoms with van der Waals surface area (Å²) in [6.45, 7) is 4.44. The van der Waals surface area contributed by atoms with Gasteiger partial charge in [0.25, 0.3) is 0 Å². The van der Waals surface area contributed by atoms with Crippen molar-refractivity contribution in [3.8, 4) is 6.07 Å². The van der Waals surface area contributed by atoms with Crippen molar-refractivity contribution in [1.29, 1.82) is 5.26 Å². The molecule has 0 saturated heterocycles. The van der Waals surface area contributed by atoms with Crippen molar-refractivity contribution < 1.29 is 9.13 Å². The van der Waals surface area contributed by atoms with E-state index in [0.29, 0.717) is 23.3 Å². The first kappa shape index (κ1) is 12.2. The number of benzene rings is 1. The molecule has 1 unspecified atom stereocenters. The van der Waals surface area contributed by atoms with Crippen molar-refractivity contribution in [1.82, 2.24) is 4.98 Å². The van der Waals surface area contributed by atoms with Gasteiger partial charge in [0.1, 0.15) is 11.9 Å². The number of aromatic amines is 1. The van der Waals surface area contributed by atoms with Gasteiger partial charge in [-0.1, -0.05) is 6.92 Å². The van der Waals surface area contributed by atoms with E-state index in [1.165, 1.54) is 6.07 Å². The van der Waals surface area contributed by atoms with Gasteiger partial charge in [-0.05, 0) is 37.0 Å². The highest BCUT2D eigenvalue weighted by Crippen LogP contribution is 2.37. The maximum atomic E-state index is 14.1. The second-order valence-electron chi connectivity index (χ2n) is 4.95. The molecule has 1 aliphatic heterocycles. The van der Waals surface area contributed by atoms with Crippen molar-refractivity contribution in [2.45, 2.75) is 32.8 Å². The predicted molar refractivity (Wildman–Crippen MR) is 70.4 cm³/mol. The van der Waals surface area contributed by atoms with Crippen LogP contribution in [0.4, 0.5) is 4.39 Å². The van der Waals surface area contributed by atoms with Crippen LogP contribution >= 0.6 is 0 Å². The van der Waals surface area contributed by atoms with E-state index in [1.807, 2.05) is 6.92 Å². The summed E-state index contributed by atoms with van der Waals surface area (Å²) in [6.07, 6.45) is 1.54. The van der Waals surface area contributed by atoms with Crippen molar-refractivity contribution in [3.63, 3.8) is 0 Å². The predicted octanol–water partition coefficient (Wildman–Crippen LogP) is 3.51.